The number of azo groups is 1. The minimum atomic E-state index is -1.02. The second-order valence-corrected chi connectivity index (χ2v) is 11.3. The van der Waals surface area contributed by atoms with Crippen LogP contribution < -0.4 is 29.5 Å². The number of nitrogens with zero attached hydrogens (tertiary/aromatic N) is 6. The molecule has 3 rings (SSSR count). The summed E-state index contributed by atoms with van der Waals surface area (Å²) in [5.74, 6) is -3.03. The van der Waals surface area contributed by atoms with E-state index in [0.717, 1.165) is 22.4 Å². The second kappa shape index (κ2) is 19.6. The van der Waals surface area contributed by atoms with E-state index in [9.17, 15) is 29.7 Å². The van der Waals surface area contributed by atoms with Crippen LogP contribution in [0.4, 0.5) is 5.69 Å². The Balaban J connectivity index is 0.00000768. The van der Waals surface area contributed by atoms with Gasteiger partial charge < -0.3 is 36.5 Å². The maximum Gasteiger partial charge on any atom is 1.00 e. The summed E-state index contributed by atoms with van der Waals surface area (Å²) in [6.45, 7) is 9.23. The van der Waals surface area contributed by atoms with Crippen molar-refractivity contribution in [1.82, 2.24) is 20.0 Å². The standard InChI is InChI=1S/C31H38N8O6S.Li/c1-21-13-24(22(2)36-34-20-32)5-6-25(21)15-33-31(46)35-26-7-3-23(4-8-26)14-27-16-38(18-29(42)43)10-9-37(17-28(40)41)11-12-39(27)19-30(44)45;/h2-8,13,20,27H,9-12,14-19H2,1H3,(H,40,41)(H,42,43)(H,44,45)(H2,33,35,46);/q-2;+1. The molecule has 0 amide bonds. The van der Waals surface area contributed by atoms with E-state index in [2.05, 4.69) is 20.9 Å². The van der Waals surface area contributed by atoms with Gasteiger partial charge in [-0.2, -0.15) is 5.56 Å². The van der Waals surface area contributed by atoms with Crippen molar-refractivity contribution in [2.75, 3.05) is 57.7 Å². The van der Waals surface area contributed by atoms with E-state index in [1.807, 2.05) is 43.3 Å². The van der Waals surface area contributed by atoms with E-state index in [1.165, 1.54) is 0 Å². The number of benzene rings is 2. The minimum absolute atomic E-state index is 0. The molecule has 2 aromatic carbocycles. The summed E-state index contributed by atoms with van der Waals surface area (Å²) in [5, 5.41) is 50.8. The number of aliphatic carboxylic acids is 3. The van der Waals surface area contributed by atoms with Crippen LogP contribution >= 0.6 is 12.2 Å². The van der Waals surface area contributed by atoms with Crippen molar-refractivity contribution in [2.24, 2.45) is 10.2 Å². The molecule has 1 atom stereocenters. The van der Waals surface area contributed by atoms with Crippen LogP contribution in [-0.4, -0.2) is 118 Å². The van der Waals surface area contributed by atoms with Gasteiger partial charge in [-0.1, -0.05) is 30.1 Å². The molecular weight excluding hydrogens is 619 g/mol. The van der Waals surface area contributed by atoms with Crippen LogP contribution in [-0.2, 0) is 27.3 Å². The molecule has 2 aromatic rings. The summed E-state index contributed by atoms with van der Waals surface area (Å²) in [6, 6.07) is 12.8. The molecule has 1 aliphatic heterocycles. The van der Waals surface area contributed by atoms with Crippen molar-refractivity contribution in [2.45, 2.75) is 25.9 Å². The van der Waals surface area contributed by atoms with Crippen molar-refractivity contribution in [3.8, 4) is 0 Å². The molecule has 47 heavy (non-hydrogen) atoms. The zero-order valence-electron chi connectivity index (χ0n) is 26.5. The van der Waals surface area contributed by atoms with E-state index in [-0.39, 0.29) is 50.2 Å². The average Bonchev–Trinajstić information content (AvgIpc) is 3.05. The van der Waals surface area contributed by atoms with Crippen LogP contribution in [0, 0.1) is 13.5 Å². The van der Waals surface area contributed by atoms with Crippen molar-refractivity contribution in [1.29, 1.82) is 0 Å². The Morgan fingerprint density at radius 3 is 2.21 bits per heavy atom. The summed E-state index contributed by atoms with van der Waals surface area (Å²) in [4.78, 5) is 39.9. The third-order valence-corrected chi connectivity index (χ3v) is 7.70. The van der Waals surface area contributed by atoms with E-state index < -0.39 is 17.9 Å². The Hall–Kier alpha value is -3.97. The van der Waals surface area contributed by atoms with Gasteiger partial charge in [0.2, 0.25) is 0 Å². The molecule has 0 radical (unpaired) electrons. The maximum atomic E-state index is 11.7. The third kappa shape index (κ3) is 13.7. The average molecular weight is 658 g/mol. The minimum Gasteiger partial charge on any atom is -0.480 e. The van der Waals surface area contributed by atoms with E-state index in [0.29, 0.717) is 62.7 Å². The topological polar surface area (TPSA) is 193 Å². The van der Waals surface area contributed by atoms with E-state index in [1.54, 1.807) is 20.8 Å². The number of thiocarbonyl (C=S) groups is 1. The van der Waals surface area contributed by atoms with Gasteiger partial charge in [-0.25, -0.2) is 0 Å². The summed E-state index contributed by atoms with van der Waals surface area (Å²) < 4.78 is 0. The molecule has 5 N–H and O–H groups in total. The Morgan fingerprint density at radius 1 is 0.979 bits per heavy atom. The monoisotopic (exact) mass is 657 g/mol. The molecule has 246 valence electrons. The first-order valence-corrected chi connectivity index (χ1v) is 14.9. The molecule has 0 aliphatic carbocycles. The van der Waals surface area contributed by atoms with Crippen LogP contribution in [0.1, 0.15) is 22.3 Å². The van der Waals surface area contributed by atoms with Gasteiger partial charge in [-0.05, 0) is 48.8 Å². The van der Waals surface area contributed by atoms with Gasteiger partial charge in [0.05, 0.1) is 19.6 Å². The predicted molar refractivity (Wildman–Crippen MR) is 178 cm³/mol. The quantitative estimate of drug-likeness (QED) is 0.0433. The van der Waals surface area contributed by atoms with Gasteiger partial charge in [-0.3, -0.25) is 40.8 Å². The smallest absolute Gasteiger partial charge is 0.480 e. The molecule has 1 fully saturated rings. The zero-order chi connectivity index (χ0) is 33.6. The van der Waals surface area contributed by atoms with Gasteiger partial charge in [0.25, 0.3) is 0 Å². The maximum absolute atomic E-state index is 11.7. The summed E-state index contributed by atoms with van der Waals surface area (Å²) in [5.41, 5.74) is 4.46. The molecule has 14 nitrogen and oxygen atoms in total. The second-order valence-electron chi connectivity index (χ2n) is 10.9. The normalized spacial score (nSPS) is 16.2. The molecule has 0 spiro atoms. The molecule has 0 aromatic heterocycles. The zero-order valence-corrected chi connectivity index (χ0v) is 27.3. The first-order chi connectivity index (χ1) is 21.9. The van der Waals surface area contributed by atoms with Crippen LogP contribution in [0.5, 0.6) is 0 Å². The Bertz CT molecular complexity index is 1460. The number of rotatable bonds is 14. The molecule has 0 saturated carbocycles. The Morgan fingerprint density at radius 2 is 1.60 bits per heavy atom. The number of carbonyl (C=O) groups is 3. The summed E-state index contributed by atoms with van der Waals surface area (Å²) in [6.07, 6.45) is 1.02. The van der Waals surface area contributed by atoms with Crippen LogP contribution in [0.2, 0.25) is 0 Å². The van der Waals surface area contributed by atoms with Gasteiger partial charge in [0, 0.05) is 51.0 Å². The van der Waals surface area contributed by atoms with Gasteiger partial charge in [-0.15, -0.1) is 17.8 Å². The number of aryl methyl sites for hydroxylation is 1. The molecule has 1 heterocycles. The fourth-order valence-electron chi connectivity index (χ4n) is 5.16. The van der Waals surface area contributed by atoms with Crippen molar-refractivity contribution in [3.63, 3.8) is 0 Å². The number of hydrogen-bond acceptors (Lipinski definition) is 8. The number of anilines is 1. The molecule has 16 heteroatoms. The number of carboxylic acids is 3. The molecule has 1 saturated heterocycles. The largest absolute Gasteiger partial charge is 1.00 e. The van der Waals surface area contributed by atoms with Crippen LogP contribution in [0.25, 0.3) is 11.1 Å². The van der Waals surface area contributed by atoms with E-state index >= 15 is 0 Å². The third-order valence-electron chi connectivity index (χ3n) is 7.46. The first kappa shape index (κ1) is 39.2. The van der Waals surface area contributed by atoms with Crippen LogP contribution in [0.15, 0.2) is 52.7 Å². The fourth-order valence-corrected chi connectivity index (χ4v) is 5.35. The Kier molecular flexibility index (Phi) is 16.4. The fraction of sp³-hybridized carbons (Fsp3) is 0.387. The van der Waals surface area contributed by atoms with Crippen LogP contribution in [0.3, 0.4) is 0 Å². The van der Waals surface area contributed by atoms with Crippen molar-refractivity contribution >= 4 is 53.0 Å². The summed E-state index contributed by atoms with van der Waals surface area (Å²) >= 11 is 5.48. The number of carboxylic acid groups (broad SMARTS) is 3. The summed E-state index contributed by atoms with van der Waals surface area (Å²) in [7, 11) is 0. The Labute approximate surface area is 291 Å². The first-order valence-electron chi connectivity index (χ1n) is 14.5. The SMILES string of the molecule is [CH-]=C(N=NC=[N-])c1ccc(CNC(=S)Nc2ccc(CC3CN(CC(=O)O)CCN(CC(=O)O)CCN3CC(=O)O)cc2)c(C)c1.[Li+]. The predicted octanol–water partition coefficient (Wildman–Crippen LogP) is -0.606. The molecular formula is C31H38LiN8O6S-. The van der Waals surface area contributed by atoms with Gasteiger partial charge in [0.15, 0.2) is 5.11 Å². The van der Waals surface area contributed by atoms with Crippen molar-refractivity contribution in [3.05, 3.63) is 76.7 Å². The van der Waals surface area contributed by atoms with Gasteiger partial charge in [0.1, 0.15) is 0 Å². The number of hydrogen-bond donors (Lipinski definition) is 5. The van der Waals surface area contributed by atoms with E-state index in [4.69, 9.17) is 24.2 Å². The molecule has 0 bridgehead atoms. The molecule has 1 aliphatic rings. The van der Waals surface area contributed by atoms with Gasteiger partial charge >= 0.3 is 36.8 Å². The number of nitrogens with one attached hydrogen (secondary N) is 2. The van der Waals surface area contributed by atoms with Crippen molar-refractivity contribution < 1.29 is 48.6 Å². The molecule has 1 unspecified atom stereocenters.